The Morgan fingerprint density at radius 1 is 0.556 bits per heavy atom. The van der Waals surface area contributed by atoms with E-state index in [0.717, 1.165) is 11.0 Å². The van der Waals surface area contributed by atoms with Gasteiger partial charge in [0.05, 0.1) is 46.8 Å². The molecule has 1 aromatic carbocycles. The molecule has 8 heteroatoms. The largest absolute Gasteiger partial charge is 1.00 e. The van der Waals surface area contributed by atoms with Gasteiger partial charge < -0.3 is 30.5 Å². The van der Waals surface area contributed by atoms with Crippen LogP contribution in [-0.2, 0) is 16.9 Å². The highest BCUT2D eigenvalue weighted by Gasteiger charge is 2.24. The number of hydrogen-bond donors (Lipinski definition) is 1. The zero-order valence-electron chi connectivity index (χ0n) is 30.7. The molecule has 0 atom stereocenters. The first kappa shape index (κ1) is 48.9. The fraction of sp³-hybridized carbons (Fsp3) is 0.838. The summed E-state index contributed by atoms with van der Waals surface area (Å²) in [6, 6.07) is 10.9. The van der Waals surface area contributed by atoms with Gasteiger partial charge in [-0.15, -0.1) is 0 Å². The lowest BCUT2D eigenvalue weighted by molar-refractivity contribution is -0.929. The maximum absolute atomic E-state index is 8.63. The number of hydrogen-bond acceptors (Lipinski definition) is 3. The van der Waals surface area contributed by atoms with Crippen molar-refractivity contribution in [2.24, 2.45) is 0 Å². The van der Waals surface area contributed by atoms with Gasteiger partial charge in [-0.3, -0.25) is 4.55 Å². The van der Waals surface area contributed by atoms with Crippen molar-refractivity contribution in [3.8, 4) is 0 Å². The molecule has 1 rings (SSSR count). The fourth-order valence-corrected chi connectivity index (χ4v) is 5.83. The quantitative estimate of drug-likeness (QED) is 0.0502. The van der Waals surface area contributed by atoms with E-state index in [2.05, 4.69) is 79.0 Å². The third-order valence-corrected chi connectivity index (χ3v) is 8.51. The van der Waals surface area contributed by atoms with Gasteiger partial charge in [-0.05, 0) is 38.5 Å². The molecule has 45 heavy (non-hydrogen) atoms. The second kappa shape index (κ2) is 32.1. The van der Waals surface area contributed by atoms with Crippen LogP contribution >= 0.6 is 0 Å². The van der Waals surface area contributed by atoms with Crippen molar-refractivity contribution in [1.82, 2.24) is 0 Å². The molecular formula is C37H75BrN2O4S. The topological polar surface area (TPSA) is 77.4 Å². The summed E-state index contributed by atoms with van der Waals surface area (Å²) >= 11 is 0. The number of unbranched alkanes of at least 4 members (excludes halogenated alkanes) is 13. The molecular weight excluding hydrogens is 648 g/mol. The fourth-order valence-electron chi connectivity index (χ4n) is 5.83. The molecule has 0 aromatic heterocycles. The van der Waals surface area contributed by atoms with E-state index >= 15 is 0 Å². The van der Waals surface area contributed by atoms with Crippen molar-refractivity contribution >= 4 is 10.4 Å². The standard InChI is InChI=1S/C21H38N.C16H36N.BrH.H2O4S/c1-4-5-6-7-8-9-10-11-12-16-19-22(2,3)20-21-17-14-13-15-18-21;1-5-9-13-17(14-10-6-2,15-11-7-3)16-12-8-4;;1-5(2,3)4/h13-15,17-18H,4-12,16,19-20H2,1-3H3;5-16H2,1-4H3;1H;(H2,1,2,3,4)/q2*+1;;/p-2. The van der Waals surface area contributed by atoms with Crippen molar-refractivity contribution in [2.75, 3.05) is 46.8 Å². The summed E-state index contributed by atoms with van der Waals surface area (Å²) in [6.45, 7) is 19.8. The van der Waals surface area contributed by atoms with E-state index in [0.29, 0.717) is 0 Å². The Balaban J connectivity index is -0.000000684. The Morgan fingerprint density at radius 2 is 0.867 bits per heavy atom. The van der Waals surface area contributed by atoms with Crippen molar-refractivity contribution < 1.29 is 43.5 Å². The summed E-state index contributed by atoms with van der Waals surface area (Å²) in [5.41, 5.74) is 1.46. The summed E-state index contributed by atoms with van der Waals surface area (Å²) in [7, 11) is -0.193. The summed E-state index contributed by atoms with van der Waals surface area (Å²) in [4.78, 5) is 0. The minimum Gasteiger partial charge on any atom is -1.00 e. The lowest BCUT2D eigenvalue weighted by atomic mass is 10.1. The first-order valence-corrected chi connectivity index (χ1v) is 19.6. The molecule has 0 amide bonds. The predicted octanol–water partition coefficient (Wildman–Crippen LogP) is 7.20. The van der Waals surface area contributed by atoms with E-state index in [1.807, 2.05) is 0 Å². The van der Waals surface area contributed by atoms with Crippen LogP contribution in [-0.4, -0.2) is 73.3 Å². The van der Waals surface area contributed by atoms with E-state index in [1.54, 1.807) is 0 Å². The molecule has 0 aliphatic heterocycles. The summed E-state index contributed by atoms with van der Waals surface area (Å²) in [5.74, 6) is 0. The normalized spacial score (nSPS) is 11.6. The third-order valence-electron chi connectivity index (χ3n) is 8.51. The summed E-state index contributed by atoms with van der Waals surface area (Å²) in [5, 5.41) is 0. The Hall–Kier alpha value is -0.510. The van der Waals surface area contributed by atoms with Gasteiger partial charge >= 0.3 is 0 Å². The van der Waals surface area contributed by atoms with Gasteiger partial charge in [-0.2, -0.15) is 0 Å². The van der Waals surface area contributed by atoms with E-state index in [4.69, 9.17) is 17.5 Å². The number of quaternary nitrogens is 2. The summed E-state index contributed by atoms with van der Waals surface area (Å²) in [6.07, 6.45) is 25.3. The highest BCUT2D eigenvalue weighted by atomic mass is 79.9. The van der Waals surface area contributed by atoms with E-state index < -0.39 is 10.4 Å². The van der Waals surface area contributed by atoms with Gasteiger partial charge in [-0.25, -0.2) is 8.42 Å². The van der Waals surface area contributed by atoms with Gasteiger partial charge in [0, 0.05) is 5.56 Å². The molecule has 0 aliphatic rings. The Bertz CT molecular complexity index is 793. The Kier molecular flexibility index (Phi) is 34.8. The average molecular weight is 724 g/mol. The second-order valence-electron chi connectivity index (χ2n) is 13.6. The molecule has 0 unspecified atom stereocenters. The molecule has 0 heterocycles. The molecule has 6 nitrogen and oxygen atoms in total. The van der Waals surface area contributed by atoms with Crippen LogP contribution in [0.1, 0.15) is 156 Å². The van der Waals surface area contributed by atoms with Gasteiger partial charge in [0.2, 0.25) is 10.4 Å². The molecule has 1 aromatic rings. The van der Waals surface area contributed by atoms with E-state index in [1.165, 1.54) is 158 Å². The monoisotopic (exact) mass is 722 g/mol. The maximum Gasteiger partial charge on any atom is 0.215 e. The summed E-state index contributed by atoms with van der Waals surface area (Å²) < 4.78 is 35.4. The maximum atomic E-state index is 8.63. The highest BCUT2D eigenvalue weighted by molar-refractivity contribution is 7.79. The molecule has 0 spiro atoms. The van der Waals surface area contributed by atoms with Gasteiger partial charge in [-0.1, -0.05) is 142 Å². The van der Waals surface area contributed by atoms with Crippen molar-refractivity contribution in [3.05, 3.63) is 35.9 Å². The molecule has 270 valence electrons. The molecule has 0 fully saturated rings. The Morgan fingerprint density at radius 3 is 1.20 bits per heavy atom. The van der Waals surface area contributed by atoms with Gasteiger partial charge in [0.25, 0.3) is 0 Å². The number of rotatable bonds is 25. The number of halogens is 1. The number of nitrogens with zero attached hydrogens (tertiary/aromatic N) is 2. The SMILES string of the molecule is CCCCCCCCCCCC[N+](C)(C)Cc1ccccc1.CCCC[N+](CCCC)(CCCC)CCCC.O=S(=O)([O-])O.[Br-]. The van der Waals surface area contributed by atoms with Crippen LogP contribution in [0.3, 0.4) is 0 Å². The minimum absolute atomic E-state index is 0. The van der Waals surface area contributed by atoms with Crippen LogP contribution in [0, 0.1) is 0 Å². The van der Waals surface area contributed by atoms with Gasteiger partial charge in [0.15, 0.2) is 0 Å². The lowest BCUT2D eigenvalue weighted by Crippen LogP contribution is -3.00. The van der Waals surface area contributed by atoms with Crippen molar-refractivity contribution in [2.45, 2.75) is 157 Å². The van der Waals surface area contributed by atoms with E-state index in [9.17, 15) is 0 Å². The van der Waals surface area contributed by atoms with Crippen LogP contribution in [0.25, 0.3) is 0 Å². The van der Waals surface area contributed by atoms with Crippen LogP contribution in [0.15, 0.2) is 30.3 Å². The smallest absolute Gasteiger partial charge is 0.215 e. The molecule has 1 N–H and O–H groups in total. The van der Waals surface area contributed by atoms with Crippen LogP contribution < -0.4 is 17.0 Å². The second-order valence-corrected chi connectivity index (χ2v) is 14.4. The third kappa shape index (κ3) is 36.2. The van der Waals surface area contributed by atoms with Crippen molar-refractivity contribution in [1.29, 1.82) is 0 Å². The predicted molar refractivity (Wildman–Crippen MR) is 191 cm³/mol. The zero-order chi connectivity index (χ0) is 33.6. The molecule has 0 bridgehead atoms. The van der Waals surface area contributed by atoms with E-state index in [-0.39, 0.29) is 17.0 Å². The molecule has 0 saturated carbocycles. The van der Waals surface area contributed by atoms with Crippen LogP contribution in [0.2, 0.25) is 0 Å². The molecule has 0 radical (unpaired) electrons. The minimum atomic E-state index is -4.92. The average Bonchev–Trinajstić information content (AvgIpc) is 2.97. The lowest BCUT2D eigenvalue weighted by Gasteiger charge is -2.39. The Labute approximate surface area is 292 Å². The first-order valence-electron chi connectivity index (χ1n) is 18.3. The molecule has 0 aliphatic carbocycles. The first-order chi connectivity index (χ1) is 20.9. The van der Waals surface area contributed by atoms with Gasteiger partial charge in [0.1, 0.15) is 6.54 Å². The van der Waals surface area contributed by atoms with Crippen molar-refractivity contribution in [3.63, 3.8) is 0 Å². The molecule has 0 saturated heterocycles. The zero-order valence-corrected chi connectivity index (χ0v) is 33.1. The highest BCUT2D eigenvalue weighted by Crippen LogP contribution is 2.17. The van der Waals surface area contributed by atoms with Crippen LogP contribution in [0.5, 0.6) is 0 Å². The number of benzene rings is 1. The van der Waals surface area contributed by atoms with Crippen LogP contribution in [0.4, 0.5) is 0 Å².